The maximum Gasteiger partial charge on any atom is 0.228 e. The van der Waals surface area contributed by atoms with E-state index in [1.165, 1.54) is 0 Å². The monoisotopic (exact) mass is 367 g/mol. The molecule has 2 aliphatic rings. The van der Waals surface area contributed by atoms with Gasteiger partial charge in [0.15, 0.2) is 0 Å². The Bertz CT molecular complexity index is 649. The number of rotatable bonds is 4. The largest absolute Gasteiger partial charge is 0.497 e. The Labute approximate surface area is 151 Å². The molecule has 1 saturated heterocycles. The number of ether oxygens (including phenoxy) is 1. The topological polar surface area (TPSA) is 56.6 Å². The molecular formula is C17H19Cl2N3O2. The summed E-state index contributed by atoms with van der Waals surface area (Å²) in [5.41, 5.74) is 0.931. The highest BCUT2D eigenvalue weighted by Gasteiger charge is 2.57. The van der Waals surface area contributed by atoms with Crippen LogP contribution in [0.4, 0.5) is 0 Å². The molecule has 0 radical (unpaired) electrons. The van der Waals surface area contributed by atoms with E-state index in [1.807, 2.05) is 24.3 Å². The second-order valence-corrected chi connectivity index (χ2v) is 7.73. The molecule has 0 spiro atoms. The molecule has 7 heteroatoms. The van der Waals surface area contributed by atoms with Gasteiger partial charge in [-0.15, -0.1) is 23.2 Å². The van der Waals surface area contributed by atoms with Gasteiger partial charge in [0.2, 0.25) is 5.91 Å². The number of hydrogen-bond donors (Lipinski definition) is 0. The third-order valence-corrected chi connectivity index (χ3v) is 5.50. The second kappa shape index (κ2) is 6.79. The zero-order valence-electron chi connectivity index (χ0n) is 13.4. The zero-order chi connectivity index (χ0) is 17.3. The number of nitriles is 1. The molecule has 128 valence electrons. The van der Waals surface area contributed by atoms with Gasteiger partial charge in [-0.25, -0.2) is 0 Å². The van der Waals surface area contributed by atoms with Gasteiger partial charge in [0, 0.05) is 26.2 Å². The summed E-state index contributed by atoms with van der Waals surface area (Å²) in [6, 6.07) is 9.55. The van der Waals surface area contributed by atoms with Crippen molar-refractivity contribution in [2.75, 3.05) is 33.3 Å². The second-order valence-electron chi connectivity index (χ2n) is 6.18. The van der Waals surface area contributed by atoms with Gasteiger partial charge in [-0.05, 0) is 24.1 Å². The molecule has 1 aromatic carbocycles. The highest BCUT2D eigenvalue weighted by molar-refractivity contribution is 6.52. The summed E-state index contributed by atoms with van der Waals surface area (Å²) in [5, 5.41) is 9.56. The predicted octanol–water partition coefficient (Wildman–Crippen LogP) is 2.60. The zero-order valence-corrected chi connectivity index (χ0v) is 14.9. The number of methoxy groups -OCH3 is 1. The maximum absolute atomic E-state index is 12.3. The Kier molecular flexibility index (Phi) is 4.91. The Morgan fingerprint density at radius 3 is 2.33 bits per heavy atom. The van der Waals surface area contributed by atoms with Crippen molar-refractivity contribution >= 4 is 29.1 Å². The van der Waals surface area contributed by atoms with Crippen LogP contribution in [0, 0.1) is 17.2 Å². The van der Waals surface area contributed by atoms with E-state index in [2.05, 4.69) is 11.0 Å². The van der Waals surface area contributed by atoms with Crippen LogP contribution < -0.4 is 4.74 Å². The molecule has 1 aliphatic carbocycles. The number of halogens is 2. The first kappa shape index (κ1) is 17.3. The summed E-state index contributed by atoms with van der Waals surface area (Å²) in [4.78, 5) is 16.2. The van der Waals surface area contributed by atoms with Crippen LogP contribution in [-0.4, -0.2) is 53.3 Å². The molecule has 2 unspecified atom stereocenters. The predicted molar refractivity (Wildman–Crippen MR) is 92.0 cm³/mol. The van der Waals surface area contributed by atoms with Crippen molar-refractivity contribution in [2.24, 2.45) is 5.92 Å². The van der Waals surface area contributed by atoms with Gasteiger partial charge in [0.05, 0.1) is 19.1 Å². The van der Waals surface area contributed by atoms with Gasteiger partial charge in [-0.3, -0.25) is 9.69 Å². The van der Waals surface area contributed by atoms with Crippen LogP contribution in [0.3, 0.4) is 0 Å². The Balaban J connectivity index is 1.60. The molecule has 1 saturated carbocycles. The molecule has 0 bridgehead atoms. The summed E-state index contributed by atoms with van der Waals surface area (Å²) in [7, 11) is 1.61. The third kappa shape index (κ3) is 3.46. The third-order valence-electron chi connectivity index (χ3n) is 4.67. The first-order valence-corrected chi connectivity index (χ1v) is 8.66. The SMILES string of the molecule is COc1ccc(C(C#N)N2CCN(C(=O)C3CC3(Cl)Cl)CC2)cc1. The first-order chi connectivity index (χ1) is 11.5. The molecule has 2 fully saturated rings. The molecule has 2 atom stereocenters. The Morgan fingerprint density at radius 2 is 1.88 bits per heavy atom. The quantitative estimate of drug-likeness (QED) is 0.767. The van der Waals surface area contributed by atoms with Gasteiger partial charge >= 0.3 is 0 Å². The van der Waals surface area contributed by atoms with Gasteiger partial charge in [-0.1, -0.05) is 12.1 Å². The lowest BCUT2D eigenvalue weighted by Crippen LogP contribution is -2.50. The standard InChI is InChI=1S/C17H19Cl2N3O2/c1-24-13-4-2-12(3-5-13)15(11-20)21-6-8-22(9-7-21)16(23)14-10-17(14,18)19/h2-5,14-15H,6-10H2,1H3. The van der Waals surface area contributed by atoms with Crippen LogP contribution in [0.5, 0.6) is 5.75 Å². The first-order valence-electron chi connectivity index (χ1n) is 7.90. The number of hydrogen-bond acceptors (Lipinski definition) is 4. The van der Waals surface area contributed by atoms with Crippen LogP contribution in [0.1, 0.15) is 18.0 Å². The van der Waals surface area contributed by atoms with Crippen molar-refractivity contribution in [3.63, 3.8) is 0 Å². The number of alkyl halides is 2. The normalized spacial score (nSPS) is 24.1. The van der Waals surface area contributed by atoms with Gasteiger partial charge < -0.3 is 9.64 Å². The van der Waals surface area contributed by atoms with E-state index in [0.717, 1.165) is 11.3 Å². The number of carbonyl (C=O) groups excluding carboxylic acids is 1. The minimum atomic E-state index is -0.882. The van der Waals surface area contributed by atoms with E-state index < -0.39 is 4.33 Å². The molecular weight excluding hydrogens is 349 g/mol. The van der Waals surface area contributed by atoms with Crippen LogP contribution >= 0.6 is 23.2 Å². The summed E-state index contributed by atoms with van der Waals surface area (Å²) in [6.45, 7) is 2.49. The minimum absolute atomic E-state index is 0.0256. The summed E-state index contributed by atoms with van der Waals surface area (Å²) < 4.78 is 4.27. The summed E-state index contributed by atoms with van der Waals surface area (Å²) in [5.74, 6) is 0.513. The lowest BCUT2D eigenvalue weighted by molar-refractivity contribution is -0.134. The van der Waals surface area contributed by atoms with Crippen LogP contribution in [0.15, 0.2) is 24.3 Å². The number of benzene rings is 1. The maximum atomic E-state index is 12.3. The highest BCUT2D eigenvalue weighted by Crippen LogP contribution is 2.54. The van der Waals surface area contributed by atoms with Crippen LogP contribution in [0.25, 0.3) is 0 Å². The lowest BCUT2D eigenvalue weighted by Gasteiger charge is -2.37. The van der Waals surface area contributed by atoms with E-state index in [4.69, 9.17) is 27.9 Å². The Hall–Kier alpha value is -1.48. The van der Waals surface area contributed by atoms with E-state index >= 15 is 0 Å². The van der Waals surface area contributed by atoms with Crippen molar-refractivity contribution in [1.29, 1.82) is 5.26 Å². The Morgan fingerprint density at radius 1 is 1.29 bits per heavy atom. The van der Waals surface area contributed by atoms with Crippen molar-refractivity contribution < 1.29 is 9.53 Å². The molecule has 0 N–H and O–H groups in total. The average Bonchev–Trinajstić information content (AvgIpc) is 3.24. The van der Waals surface area contributed by atoms with Crippen molar-refractivity contribution in [3.8, 4) is 11.8 Å². The number of amides is 1. The summed E-state index contributed by atoms with van der Waals surface area (Å²) in [6.07, 6.45) is 0.530. The van der Waals surface area contributed by atoms with E-state index in [1.54, 1.807) is 12.0 Å². The van der Waals surface area contributed by atoms with Gasteiger partial charge in [0.1, 0.15) is 16.1 Å². The fraction of sp³-hybridized carbons (Fsp3) is 0.529. The van der Waals surface area contributed by atoms with Gasteiger partial charge in [-0.2, -0.15) is 5.26 Å². The van der Waals surface area contributed by atoms with E-state index in [-0.39, 0.29) is 17.9 Å². The van der Waals surface area contributed by atoms with Gasteiger partial charge in [0.25, 0.3) is 0 Å². The number of nitrogens with zero attached hydrogens (tertiary/aromatic N) is 3. The number of piperazine rings is 1. The van der Waals surface area contributed by atoms with Crippen molar-refractivity contribution in [1.82, 2.24) is 9.80 Å². The molecule has 1 aromatic rings. The van der Waals surface area contributed by atoms with Crippen LogP contribution in [0.2, 0.25) is 0 Å². The summed E-state index contributed by atoms with van der Waals surface area (Å²) >= 11 is 12.0. The number of carbonyl (C=O) groups is 1. The average molecular weight is 368 g/mol. The van der Waals surface area contributed by atoms with E-state index in [0.29, 0.717) is 32.6 Å². The molecule has 1 heterocycles. The van der Waals surface area contributed by atoms with Crippen LogP contribution in [-0.2, 0) is 4.79 Å². The highest BCUT2D eigenvalue weighted by atomic mass is 35.5. The minimum Gasteiger partial charge on any atom is -0.497 e. The van der Waals surface area contributed by atoms with Crippen molar-refractivity contribution in [2.45, 2.75) is 16.8 Å². The molecule has 3 rings (SSSR count). The molecule has 1 aliphatic heterocycles. The van der Waals surface area contributed by atoms with E-state index in [9.17, 15) is 10.1 Å². The fourth-order valence-electron chi connectivity index (χ4n) is 3.06. The molecule has 0 aromatic heterocycles. The lowest BCUT2D eigenvalue weighted by atomic mass is 10.1. The molecule has 24 heavy (non-hydrogen) atoms. The molecule has 1 amide bonds. The smallest absolute Gasteiger partial charge is 0.228 e. The fourth-order valence-corrected chi connectivity index (χ4v) is 3.55. The molecule has 5 nitrogen and oxygen atoms in total. The van der Waals surface area contributed by atoms with Crippen molar-refractivity contribution in [3.05, 3.63) is 29.8 Å².